The van der Waals surface area contributed by atoms with Gasteiger partial charge >= 0.3 is 0 Å². The van der Waals surface area contributed by atoms with Gasteiger partial charge in [-0.25, -0.2) is 5.43 Å². The summed E-state index contributed by atoms with van der Waals surface area (Å²) < 4.78 is 0. The molecule has 0 fully saturated rings. The highest BCUT2D eigenvalue weighted by Gasteiger charge is 2.21. The molecular weight excluding hydrogens is 346 g/mol. The first-order valence-electron chi connectivity index (χ1n) is 8.36. The third-order valence-electron chi connectivity index (χ3n) is 3.79. The quantitative estimate of drug-likeness (QED) is 0.555. The van der Waals surface area contributed by atoms with E-state index in [1.807, 2.05) is 49.6 Å². The smallest absolute Gasteiger partial charge is 0.262 e. The van der Waals surface area contributed by atoms with Crippen LogP contribution in [0.1, 0.15) is 29.3 Å². The summed E-state index contributed by atoms with van der Waals surface area (Å²) in [5.74, 6) is 0.170. The van der Waals surface area contributed by atoms with Crippen molar-refractivity contribution in [3.63, 3.8) is 0 Å². The van der Waals surface area contributed by atoms with Crippen LogP contribution in [0.15, 0.2) is 65.8 Å². The second kappa shape index (κ2) is 10.4. The van der Waals surface area contributed by atoms with Crippen molar-refractivity contribution in [2.75, 3.05) is 12.0 Å². The third kappa shape index (κ3) is 6.04. The average Bonchev–Trinajstić information content (AvgIpc) is 2.70. The van der Waals surface area contributed by atoms with Crippen LogP contribution in [0.4, 0.5) is 0 Å². The summed E-state index contributed by atoms with van der Waals surface area (Å²) in [6.45, 7) is 1.83. The molecule has 0 radical (unpaired) electrons. The number of carbonyl (C=O) groups is 2. The molecule has 6 heteroatoms. The minimum Gasteiger partial charge on any atom is -0.340 e. The molecule has 2 N–H and O–H groups in total. The Balaban J connectivity index is 2.03. The summed E-state index contributed by atoms with van der Waals surface area (Å²) in [6.07, 6.45) is 2.50. The summed E-state index contributed by atoms with van der Waals surface area (Å²) in [5.41, 5.74) is 4.74. The highest BCUT2D eigenvalue weighted by Crippen LogP contribution is 2.05. The minimum absolute atomic E-state index is 0.268. The summed E-state index contributed by atoms with van der Waals surface area (Å²) in [4.78, 5) is 24.9. The first-order chi connectivity index (χ1) is 12.6. The molecule has 26 heavy (non-hydrogen) atoms. The lowest BCUT2D eigenvalue weighted by molar-refractivity contribution is -0.123. The number of carbonyl (C=O) groups excluding carboxylic acids is 2. The molecule has 0 aliphatic heterocycles. The van der Waals surface area contributed by atoms with Crippen LogP contribution < -0.4 is 10.7 Å². The van der Waals surface area contributed by atoms with Gasteiger partial charge in [0.25, 0.3) is 11.8 Å². The molecule has 0 saturated heterocycles. The molecule has 5 nitrogen and oxygen atoms in total. The molecule has 0 aromatic heterocycles. The molecule has 2 rings (SSSR count). The molecule has 0 saturated carbocycles. The lowest BCUT2D eigenvalue weighted by atomic mass is 10.1. The van der Waals surface area contributed by atoms with Crippen LogP contribution in [0.2, 0.25) is 0 Å². The van der Waals surface area contributed by atoms with Gasteiger partial charge in [0.05, 0.1) is 5.71 Å². The van der Waals surface area contributed by atoms with Gasteiger partial charge in [-0.2, -0.15) is 16.9 Å². The standard InChI is InChI=1S/C20H23N3O2S/c1-15(16-9-5-3-6-10-16)22-23-20(25)18(13-14-26-2)21-19(24)17-11-7-4-8-12-17/h3-12,18H,13-14H2,1-2H3,(H,21,24)(H,23,25)/t18-/m1/s1. The Morgan fingerprint density at radius 2 is 1.58 bits per heavy atom. The monoisotopic (exact) mass is 369 g/mol. The van der Waals surface area contributed by atoms with E-state index in [-0.39, 0.29) is 11.8 Å². The molecule has 136 valence electrons. The Labute approximate surface area is 158 Å². The van der Waals surface area contributed by atoms with Gasteiger partial charge in [0.2, 0.25) is 0 Å². The van der Waals surface area contributed by atoms with Gasteiger partial charge in [-0.3, -0.25) is 9.59 Å². The lowest BCUT2D eigenvalue weighted by Gasteiger charge is -2.17. The van der Waals surface area contributed by atoms with Crippen LogP contribution in [0, 0.1) is 0 Å². The molecule has 2 aromatic rings. The summed E-state index contributed by atoms with van der Waals surface area (Å²) in [5, 5.41) is 6.96. The second-order valence-corrected chi connectivity index (χ2v) is 6.70. The molecule has 1 atom stereocenters. The van der Waals surface area contributed by atoms with Crippen molar-refractivity contribution in [2.45, 2.75) is 19.4 Å². The highest BCUT2D eigenvalue weighted by molar-refractivity contribution is 7.98. The average molecular weight is 369 g/mol. The number of hydrogen-bond acceptors (Lipinski definition) is 4. The summed E-state index contributed by atoms with van der Waals surface area (Å²) >= 11 is 1.62. The first-order valence-corrected chi connectivity index (χ1v) is 9.75. The van der Waals surface area contributed by atoms with E-state index in [0.29, 0.717) is 17.7 Å². The Morgan fingerprint density at radius 1 is 1.00 bits per heavy atom. The van der Waals surface area contributed by atoms with Crippen LogP contribution in [-0.2, 0) is 4.79 Å². The van der Waals surface area contributed by atoms with Crippen molar-refractivity contribution in [3.8, 4) is 0 Å². The third-order valence-corrected chi connectivity index (χ3v) is 4.44. The zero-order valence-electron chi connectivity index (χ0n) is 14.9. The van der Waals surface area contributed by atoms with Crippen molar-refractivity contribution < 1.29 is 9.59 Å². The van der Waals surface area contributed by atoms with Gasteiger partial charge in [-0.05, 0) is 43.0 Å². The van der Waals surface area contributed by atoms with E-state index in [4.69, 9.17) is 0 Å². The van der Waals surface area contributed by atoms with E-state index in [2.05, 4.69) is 15.8 Å². The number of amides is 2. The molecule has 0 bridgehead atoms. The van der Waals surface area contributed by atoms with Crippen molar-refractivity contribution >= 4 is 29.3 Å². The molecule has 0 unspecified atom stereocenters. The topological polar surface area (TPSA) is 70.6 Å². The molecule has 0 spiro atoms. The molecule has 2 aromatic carbocycles. The molecule has 2 amide bonds. The van der Waals surface area contributed by atoms with Crippen LogP contribution in [0.3, 0.4) is 0 Å². The zero-order valence-corrected chi connectivity index (χ0v) is 15.8. The second-order valence-electron chi connectivity index (χ2n) is 5.71. The number of nitrogens with zero attached hydrogens (tertiary/aromatic N) is 1. The van der Waals surface area contributed by atoms with Gasteiger partial charge in [0.1, 0.15) is 6.04 Å². The van der Waals surface area contributed by atoms with Gasteiger partial charge in [0, 0.05) is 5.56 Å². The lowest BCUT2D eigenvalue weighted by Crippen LogP contribution is -2.46. The predicted molar refractivity (Wildman–Crippen MR) is 107 cm³/mol. The van der Waals surface area contributed by atoms with Crippen molar-refractivity contribution in [1.29, 1.82) is 0 Å². The first kappa shape index (κ1) is 19.7. The fraction of sp³-hybridized carbons (Fsp3) is 0.250. The summed E-state index contributed by atoms with van der Waals surface area (Å²) in [7, 11) is 0. The van der Waals surface area contributed by atoms with E-state index in [9.17, 15) is 9.59 Å². The SMILES string of the molecule is CSCC[C@@H](NC(=O)c1ccccc1)C(=O)NN=C(C)c1ccccc1. The largest absolute Gasteiger partial charge is 0.340 e. The Kier molecular flexibility index (Phi) is 7.89. The number of rotatable bonds is 8. The molecule has 0 aliphatic carbocycles. The maximum absolute atomic E-state index is 12.5. The van der Waals surface area contributed by atoms with Gasteiger partial charge in [0.15, 0.2) is 0 Å². The minimum atomic E-state index is -0.637. The zero-order chi connectivity index (χ0) is 18.8. The number of thioether (sulfide) groups is 1. The van der Waals surface area contributed by atoms with Gasteiger partial charge in [-0.1, -0.05) is 48.5 Å². The van der Waals surface area contributed by atoms with Crippen LogP contribution in [0.25, 0.3) is 0 Å². The van der Waals surface area contributed by atoms with Crippen molar-refractivity contribution in [3.05, 3.63) is 71.8 Å². The van der Waals surface area contributed by atoms with E-state index in [1.165, 1.54) is 0 Å². The van der Waals surface area contributed by atoms with E-state index >= 15 is 0 Å². The molecular formula is C20H23N3O2S. The van der Waals surface area contributed by atoms with Gasteiger partial charge in [-0.15, -0.1) is 0 Å². The summed E-state index contributed by atoms with van der Waals surface area (Å²) in [6, 6.07) is 17.8. The van der Waals surface area contributed by atoms with Gasteiger partial charge < -0.3 is 5.32 Å². The normalized spacial score (nSPS) is 12.3. The number of benzene rings is 2. The van der Waals surface area contributed by atoms with E-state index in [0.717, 1.165) is 11.3 Å². The Hall–Kier alpha value is -2.60. The van der Waals surface area contributed by atoms with Crippen LogP contribution >= 0.6 is 11.8 Å². The highest BCUT2D eigenvalue weighted by atomic mass is 32.2. The van der Waals surface area contributed by atoms with Crippen LogP contribution in [-0.4, -0.2) is 35.6 Å². The van der Waals surface area contributed by atoms with Crippen molar-refractivity contribution in [1.82, 2.24) is 10.7 Å². The predicted octanol–water partition coefficient (Wildman–Crippen LogP) is 3.08. The number of nitrogens with one attached hydrogen (secondary N) is 2. The van der Waals surface area contributed by atoms with E-state index < -0.39 is 6.04 Å². The number of hydrogen-bond donors (Lipinski definition) is 2. The van der Waals surface area contributed by atoms with E-state index in [1.54, 1.807) is 36.0 Å². The molecule has 0 heterocycles. The maximum Gasteiger partial charge on any atom is 0.262 e. The fourth-order valence-electron chi connectivity index (χ4n) is 2.30. The van der Waals surface area contributed by atoms with Crippen LogP contribution in [0.5, 0.6) is 0 Å². The maximum atomic E-state index is 12.5. The number of hydrazone groups is 1. The Bertz CT molecular complexity index is 748. The Morgan fingerprint density at radius 3 is 2.15 bits per heavy atom. The van der Waals surface area contributed by atoms with Crippen molar-refractivity contribution in [2.24, 2.45) is 5.10 Å². The molecule has 0 aliphatic rings. The fourth-order valence-corrected chi connectivity index (χ4v) is 2.77.